The molecule has 4 rings (SSSR count). The van der Waals surface area contributed by atoms with Crippen LogP contribution in [0.2, 0.25) is 0 Å². The van der Waals surface area contributed by atoms with E-state index in [0.717, 1.165) is 35.1 Å². The number of rotatable bonds is 7. The lowest BCUT2D eigenvalue weighted by molar-refractivity contribution is 0.174. The fourth-order valence-electron chi connectivity index (χ4n) is 2.92. The smallest absolute Gasteiger partial charge is 0.231 e. The van der Waals surface area contributed by atoms with Crippen LogP contribution in [0.3, 0.4) is 0 Å². The maximum Gasteiger partial charge on any atom is 0.231 e. The first-order valence-electron chi connectivity index (χ1n) is 8.96. The molecule has 0 atom stereocenters. The van der Waals surface area contributed by atoms with Crippen LogP contribution >= 0.6 is 11.8 Å². The monoisotopic (exact) mass is 396 g/mol. The molecule has 0 bridgehead atoms. The predicted octanol–water partition coefficient (Wildman–Crippen LogP) is 2.27. The predicted molar refractivity (Wildman–Crippen MR) is 108 cm³/mol. The molecule has 28 heavy (non-hydrogen) atoms. The highest BCUT2D eigenvalue weighted by atomic mass is 32.2. The minimum atomic E-state index is 0.196. The van der Waals surface area contributed by atoms with Crippen molar-refractivity contribution in [3.8, 4) is 23.8 Å². The zero-order valence-electron chi connectivity index (χ0n) is 15.4. The first-order valence-corrected chi connectivity index (χ1v) is 9.78. The van der Waals surface area contributed by atoms with Crippen LogP contribution in [0.4, 0.5) is 5.82 Å². The fraction of sp³-hybridized carbons (Fsp3) is 0.316. The van der Waals surface area contributed by atoms with E-state index >= 15 is 0 Å². The molecular formula is C19H20N6O2S. The van der Waals surface area contributed by atoms with E-state index in [1.807, 2.05) is 16.7 Å². The van der Waals surface area contributed by atoms with E-state index in [-0.39, 0.29) is 6.79 Å². The summed E-state index contributed by atoms with van der Waals surface area (Å²) >= 11 is 1.45. The molecule has 0 radical (unpaired) electrons. The van der Waals surface area contributed by atoms with Gasteiger partial charge in [0.1, 0.15) is 6.33 Å². The van der Waals surface area contributed by atoms with Crippen LogP contribution in [0.25, 0.3) is 11.2 Å². The summed E-state index contributed by atoms with van der Waals surface area (Å²) in [5, 5.41) is 4.15. The van der Waals surface area contributed by atoms with Crippen LogP contribution in [-0.4, -0.2) is 39.4 Å². The second-order valence-corrected chi connectivity index (χ2v) is 7.18. The summed E-state index contributed by atoms with van der Waals surface area (Å²) in [6.45, 7) is 4.78. The molecule has 1 aliphatic heterocycles. The number of aromatic nitrogens is 4. The number of nitrogens with zero attached hydrogens (tertiary/aromatic N) is 4. The Morgan fingerprint density at radius 2 is 2.11 bits per heavy atom. The fourth-order valence-corrected chi connectivity index (χ4v) is 3.94. The normalized spacial score (nSPS) is 12.4. The van der Waals surface area contributed by atoms with Gasteiger partial charge in [-0.1, -0.05) is 24.6 Å². The van der Waals surface area contributed by atoms with Crippen molar-refractivity contribution >= 4 is 28.7 Å². The summed E-state index contributed by atoms with van der Waals surface area (Å²) < 4.78 is 12.9. The quantitative estimate of drug-likeness (QED) is 0.463. The number of hydrogen-bond donors (Lipinski definition) is 2. The lowest BCUT2D eigenvalue weighted by atomic mass is 10.2. The molecule has 0 amide bonds. The third kappa shape index (κ3) is 3.44. The van der Waals surface area contributed by atoms with Gasteiger partial charge in [0, 0.05) is 29.6 Å². The van der Waals surface area contributed by atoms with Gasteiger partial charge < -0.3 is 25.1 Å². The number of ether oxygens (including phenoxy) is 2. The Hall–Kier alpha value is -2.96. The van der Waals surface area contributed by atoms with Crippen LogP contribution in [0.15, 0.2) is 28.5 Å². The largest absolute Gasteiger partial charge is 0.454 e. The molecule has 0 saturated carbocycles. The average molecular weight is 396 g/mol. The molecule has 3 heterocycles. The van der Waals surface area contributed by atoms with E-state index in [0.29, 0.717) is 35.0 Å². The van der Waals surface area contributed by atoms with Crippen molar-refractivity contribution in [3.63, 3.8) is 0 Å². The van der Waals surface area contributed by atoms with Crippen LogP contribution < -0.4 is 20.5 Å². The van der Waals surface area contributed by atoms with Crippen molar-refractivity contribution in [1.82, 2.24) is 24.8 Å². The third-order valence-corrected chi connectivity index (χ3v) is 5.35. The van der Waals surface area contributed by atoms with Gasteiger partial charge in [0.05, 0.1) is 0 Å². The molecule has 1 aliphatic rings. The Labute approximate surface area is 166 Å². The second-order valence-electron chi connectivity index (χ2n) is 6.18. The highest BCUT2D eigenvalue weighted by Gasteiger charge is 2.20. The zero-order chi connectivity index (χ0) is 19.5. The summed E-state index contributed by atoms with van der Waals surface area (Å²) in [7, 11) is 0. The molecule has 8 nitrogen and oxygen atoms in total. The van der Waals surface area contributed by atoms with Crippen molar-refractivity contribution in [1.29, 1.82) is 0 Å². The number of hydrogen-bond acceptors (Lipinski definition) is 8. The van der Waals surface area contributed by atoms with Gasteiger partial charge in [-0.2, -0.15) is 0 Å². The first kappa shape index (κ1) is 18.4. The topological polar surface area (TPSA) is 100 Å². The van der Waals surface area contributed by atoms with Gasteiger partial charge in [-0.05, 0) is 19.0 Å². The summed E-state index contributed by atoms with van der Waals surface area (Å²) in [4.78, 5) is 14.0. The minimum Gasteiger partial charge on any atom is -0.454 e. The van der Waals surface area contributed by atoms with E-state index in [1.165, 1.54) is 18.1 Å². The molecule has 3 aromatic rings. The molecule has 0 unspecified atom stereocenters. The maximum atomic E-state index is 6.02. The van der Waals surface area contributed by atoms with Gasteiger partial charge in [-0.15, -0.1) is 6.42 Å². The van der Waals surface area contributed by atoms with E-state index < -0.39 is 0 Å². The summed E-state index contributed by atoms with van der Waals surface area (Å²) in [6.07, 6.45) is 8.24. The standard InChI is InChI=1S/C19H20N6O2S/c1-3-5-21-6-7-25-18-16(17(20)22-10-23-18)24-19(25)28-15-9-14-13(26-11-27-14)8-12(15)4-2/h2,8-10,21H,3,5-7,11H2,1H3,(H2,20,22,23). The average Bonchev–Trinajstić information content (AvgIpc) is 3.29. The number of anilines is 1. The van der Waals surface area contributed by atoms with Gasteiger partial charge >= 0.3 is 0 Å². The molecule has 144 valence electrons. The molecule has 0 spiro atoms. The SMILES string of the molecule is C#Cc1cc2c(cc1Sc1nc3c(N)ncnc3n1CCNCCC)OCO2. The van der Waals surface area contributed by atoms with Crippen LogP contribution in [0.5, 0.6) is 11.5 Å². The molecule has 0 aliphatic carbocycles. The lowest BCUT2D eigenvalue weighted by Crippen LogP contribution is -2.21. The van der Waals surface area contributed by atoms with E-state index in [4.69, 9.17) is 21.6 Å². The highest BCUT2D eigenvalue weighted by Crippen LogP contribution is 2.40. The van der Waals surface area contributed by atoms with Gasteiger partial charge in [0.2, 0.25) is 6.79 Å². The van der Waals surface area contributed by atoms with Gasteiger partial charge in [-0.3, -0.25) is 0 Å². The van der Waals surface area contributed by atoms with Crippen LogP contribution in [0.1, 0.15) is 18.9 Å². The molecule has 3 N–H and O–H groups in total. The maximum absolute atomic E-state index is 6.02. The zero-order valence-corrected chi connectivity index (χ0v) is 16.3. The third-order valence-electron chi connectivity index (χ3n) is 4.30. The highest BCUT2D eigenvalue weighted by molar-refractivity contribution is 7.99. The van der Waals surface area contributed by atoms with Crippen molar-refractivity contribution in [2.75, 3.05) is 25.6 Å². The van der Waals surface area contributed by atoms with Crippen molar-refractivity contribution in [2.24, 2.45) is 0 Å². The lowest BCUT2D eigenvalue weighted by Gasteiger charge is -2.10. The number of fused-ring (bicyclic) bond motifs is 2. The number of imidazole rings is 1. The Balaban J connectivity index is 1.72. The van der Waals surface area contributed by atoms with Crippen molar-refractivity contribution in [2.45, 2.75) is 29.9 Å². The number of nitrogens with two attached hydrogens (primary N) is 1. The molecule has 9 heteroatoms. The first-order chi connectivity index (χ1) is 13.7. The number of nitrogens with one attached hydrogen (secondary N) is 1. The number of benzene rings is 1. The summed E-state index contributed by atoms with van der Waals surface area (Å²) in [6, 6.07) is 3.70. The summed E-state index contributed by atoms with van der Waals surface area (Å²) in [5.41, 5.74) is 8.03. The Morgan fingerprint density at radius 1 is 1.29 bits per heavy atom. The van der Waals surface area contributed by atoms with Gasteiger partial charge in [0.15, 0.2) is 33.6 Å². The van der Waals surface area contributed by atoms with Gasteiger partial charge in [0.25, 0.3) is 0 Å². The van der Waals surface area contributed by atoms with Crippen molar-refractivity contribution in [3.05, 3.63) is 24.0 Å². The Morgan fingerprint density at radius 3 is 2.89 bits per heavy atom. The molecular weight excluding hydrogens is 376 g/mol. The molecule has 2 aromatic heterocycles. The van der Waals surface area contributed by atoms with Crippen LogP contribution in [-0.2, 0) is 6.54 Å². The van der Waals surface area contributed by atoms with Gasteiger partial charge in [-0.25, -0.2) is 15.0 Å². The van der Waals surface area contributed by atoms with Crippen LogP contribution in [0, 0.1) is 12.3 Å². The van der Waals surface area contributed by atoms with E-state index in [2.05, 4.69) is 33.1 Å². The second kappa shape index (κ2) is 7.96. The molecule has 1 aromatic carbocycles. The van der Waals surface area contributed by atoms with E-state index in [1.54, 1.807) is 0 Å². The Bertz CT molecular complexity index is 1060. The molecule has 0 saturated heterocycles. The number of nitrogen functional groups attached to an aromatic ring is 1. The van der Waals surface area contributed by atoms with E-state index in [9.17, 15) is 0 Å². The Kier molecular flexibility index (Phi) is 5.23. The van der Waals surface area contributed by atoms with Crippen molar-refractivity contribution < 1.29 is 9.47 Å². The summed E-state index contributed by atoms with van der Waals surface area (Å²) in [5.74, 6) is 4.40. The minimum absolute atomic E-state index is 0.196. The number of terminal acetylenes is 1. The molecule has 0 fully saturated rings.